The molecule has 27 heavy (non-hydrogen) atoms. The third kappa shape index (κ3) is 3.42. The van der Waals surface area contributed by atoms with E-state index in [-0.39, 0.29) is 17.7 Å². The quantitative estimate of drug-likeness (QED) is 0.582. The van der Waals surface area contributed by atoms with Crippen LogP contribution in [0.25, 0.3) is 22.3 Å². The van der Waals surface area contributed by atoms with Gasteiger partial charge >= 0.3 is 0 Å². The number of H-pyrrole nitrogens is 1. The molecule has 0 saturated carbocycles. The van der Waals surface area contributed by atoms with Gasteiger partial charge in [-0.3, -0.25) is 4.79 Å². The van der Waals surface area contributed by atoms with Crippen molar-refractivity contribution in [1.29, 1.82) is 0 Å². The monoisotopic (exact) mass is 364 g/mol. The van der Waals surface area contributed by atoms with Crippen molar-refractivity contribution in [1.82, 2.24) is 9.97 Å². The number of ether oxygens (including phenoxy) is 1. The lowest BCUT2D eigenvalue weighted by Gasteiger charge is -2.10. The average molecular weight is 364 g/mol. The van der Waals surface area contributed by atoms with Crippen molar-refractivity contribution in [2.24, 2.45) is 0 Å². The molecule has 0 unspecified atom stereocenters. The van der Waals surface area contributed by atoms with Crippen molar-refractivity contribution >= 4 is 10.9 Å². The predicted molar refractivity (Wildman–Crippen MR) is 98.5 cm³/mol. The summed E-state index contributed by atoms with van der Waals surface area (Å²) in [4.78, 5) is 19.4. The van der Waals surface area contributed by atoms with Crippen LogP contribution >= 0.6 is 0 Å². The number of aromatic amines is 1. The maximum atomic E-state index is 13.7. The number of hydrogen-bond donors (Lipinski definition) is 1. The maximum absolute atomic E-state index is 13.7. The molecule has 134 valence electrons. The van der Waals surface area contributed by atoms with Gasteiger partial charge in [-0.2, -0.15) is 0 Å². The van der Waals surface area contributed by atoms with Gasteiger partial charge in [0.25, 0.3) is 5.56 Å². The maximum Gasteiger partial charge on any atom is 0.259 e. The summed E-state index contributed by atoms with van der Waals surface area (Å²) in [7, 11) is 0. The molecule has 1 N–H and O–H groups in total. The standard InChI is InChI=1S/C21H14F2N2O2/c22-17-8-4-9-18(23)16(17)12-27-14-6-3-5-13(11-14)20-24-19-10-2-1-7-15(19)21(26)25-20/h1-11H,12H2,(H,24,25,26). The van der Waals surface area contributed by atoms with Gasteiger partial charge in [-0.1, -0.05) is 30.3 Å². The molecule has 0 aliphatic heterocycles. The summed E-state index contributed by atoms with van der Waals surface area (Å²) >= 11 is 0. The second-order valence-corrected chi connectivity index (χ2v) is 5.95. The van der Waals surface area contributed by atoms with Crippen molar-refractivity contribution in [3.63, 3.8) is 0 Å². The predicted octanol–water partition coefficient (Wildman–Crippen LogP) is 4.45. The van der Waals surface area contributed by atoms with Crippen LogP contribution in [0.5, 0.6) is 5.75 Å². The Kier molecular flexibility index (Phi) is 4.38. The molecule has 6 heteroatoms. The molecule has 1 aromatic heterocycles. The second-order valence-electron chi connectivity index (χ2n) is 5.95. The highest BCUT2D eigenvalue weighted by molar-refractivity contribution is 5.79. The third-order valence-corrected chi connectivity index (χ3v) is 4.17. The summed E-state index contributed by atoms with van der Waals surface area (Å²) in [5.74, 6) is -0.523. The highest BCUT2D eigenvalue weighted by Gasteiger charge is 2.10. The number of nitrogens with zero attached hydrogens (tertiary/aromatic N) is 1. The van der Waals surface area contributed by atoms with Gasteiger partial charge in [0.2, 0.25) is 0 Å². The van der Waals surface area contributed by atoms with Crippen molar-refractivity contribution in [2.45, 2.75) is 6.61 Å². The number of nitrogens with one attached hydrogen (secondary N) is 1. The summed E-state index contributed by atoms with van der Waals surface area (Å²) in [6, 6.07) is 17.5. The Morgan fingerprint density at radius 3 is 2.48 bits per heavy atom. The first-order chi connectivity index (χ1) is 13.1. The second kappa shape index (κ2) is 6.99. The normalized spacial score (nSPS) is 10.9. The Labute approximate surface area is 153 Å². The number of fused-ring (bicyclic) bond motifs is 1. The molecule has 0 amide bonds. The van der Waals surface area contributed by atoms with Crippen molar-refractivity contribution in [2.75, 3.05) is 0 Å². The van der Waals surface area contributed by atoms with Crippen LogP contribution in [0.2, 0.25) is 0 Å². The zero-order valence-electron chi connectivity index (χ0n) is 14.1. The number of hydrogen-bond acceptors (Lipinski definition) is 3. The molecule has 1 heterocycles. The molecule has 0 aliphatic carbocycles. The van der Waals surface area contributed by atoms with Gasteiger partial charge in [-0.25, -0.2) is 13.8 Å². The molecule has 4 nitrogen and oxygen atoms in total. The zero-order valence-corrected chi connectivity index (χ0v) is 14.1. The molecule has 0 fully saturated rings. The van der Waals surface area contributed by atoms with Gasteiger partial charge in [-0.15, -0.1) is 0 Å². The lowest BCUT2D eigenvalue weighted by Crippen LogP contribution is -2.09. The van der Waals surface area contributed by atoms with E-state index in [1.165, 1.54) is 18.2 Å². The van der Waals surface area contributed by atoms with Gasteiger partial charge < -0.3 is 9.72 Å². The molecular weight excluding hydrogens is 350 g/mol. The Morgan fingerprint density at radius 2 is 1.67 bits per heavy atom. The lowest BCUT2D eigenvalue weighted by atomic mass is 10.1. The van der Waals surface area contributed by atoms with E-state index < -0.39 is 11.6 Å². The molecule has 0 radical (unpaired) electrons. The fourth-order valence-corrected chi connectivity index (χ4v) is 2.78. The minimum atomic E-state index is -0.660. The third-order valence-electron chi connectivity index (χ3n) is 4.17. The van der Waals surface area contributed by atoms with E-state index in [0.717, 1.165) is 0 Å². The highest BCUT2D eigenvalue weighted by atomic mass is 19.1. The fraction of sp³-hybridized carbons (Fsp3) is 0.0476. The van der Waals surface area contributed by atoms with E-state index in [1.54, 1.807) is 48.5 Å². The van der Waals surface area contributed by atoms with Crippen LogP contribution in [-0.4, -0.2) is 9.97 Å². The Balaban J connectivity index is 1.64. The lowest BCUT2D eigenvalue weighted by molar-refractivity contribution is 0.292. The van der Waals surface area contributed by atoms with Crippen LogP contribution in [0.3, 0.4) is 0 Å². The van der Waals surface area contributed by atoms with E-state index in [9.17, 15) is 13.6 Å². The van der Waals surface area contributed by atoms with Crippen LogP contribution in [0.1, 0.15) is 5.56 Å². The van der Waals surface area contributed by atoms with Gasteiger partial charge in [0.15, 0.2) is 0 Å². The van der Waals surface area contributed by atoms with E-state index in [2.05, 4.69) is 9.97 Å². The van der Waals surface area contributed by atoms with Gasteiger partial charge in [-0.05, 0) is 36.4 Å². The van der Waals surface area contributed by atoms with Crippen LogP contribution in [0, 0.1) is 11.6 Å². The van der Waals surface area contributed by atoms with E-state index in [0.29, 0.717) is 28.0 Å². The molecular formula is C21H14F2N2O2. The van der Waals surface area contributed by atoms with Gasteiger partial charge in [0, 0.05) is 5.56 Å². The summed E-state index contributed by atoms with van der Waals surface area (Å²) in [5.41, 5.74) is 0.829. The summed E-state index contributed by atoms with van der Waals surface area (Å²) in [6.07, 6.45) is 0. The summed E-state index contributed by atoms with van der Waals surface area (Å²) < 4.78 is 33.0. The van der Waals surface area contributed by atoms with Gasteiger partial charge in [0.05, 0.1) is 16.5 Å². The van der Waals surface area contributed by atoms with Gasteiger partial charge in [0.1, 0.15) is 29.8 Å². The largest absolute Gasteiger partial charge is 0.489 e. The number of para-hydroxylation sites is 1. The first-order valence-electron chi connectivity index (χ1n) is 8.27. The van der Waals surface area contributed by atoms with Crippen LogP contribution in [-0.2, 0) is 6.61 Å². The van der Waals surface area contributed by atoms with Crippen molar-refractivity contribution in [3.8, 4) is 17.1 Å². The summed E-state index contributed by atoms with van der Waals surface area (Å²) in [6.45, 7) is -0.246. The topological polar surface area (TPSA) is 55.0 Å². The molecule has 0 saturated heterocycles. The zero-order chi connectivity index (χ0) is 18.8. The smallest absolute Gasteiger partial charge is 0.259 e. The van der Waals surface area contributed by atoms with E-state index >= 15 is 0 Å². The van der Waals surface area contributed by atoms with Crippen LogP contribution < -0.4 is 10.3 Å². The minimum Gasteiger partial charge on any atom is -0.489 e. The van der Waals surface area contributed by atoms with Crippen LogP contribution in [0.4, 0.5) is 8.78 Å². The molecule has 0 aliphatic rings. The van der Waals surface area contributed by atoms with Crippen molar-refractivity contribution < 1.29 is 13.5 Å². The van der Waals surface area contributed by atoms with E-state index in [4.69, 9.17) is 4.74 Å². The molecule has 0 bridgehead atoms. The highest BCUT2D eigenvalue weighted by Crippen LogP contribution is 2.23. The number of halogens is 2. The van der Waals surface area contributed by atoms with E-state index in [1.807, 2.05) is 0 Å². The number of benzene rings is 3. The summed E-state index contributed by atoms with van der Waals surface area (Å²) in [5, 5.41) is 0.503. The number of aromatic nitrogens is 2. The first kappa shape index (κ1) is 16.9. The molecule has 3 aromatic carbocycles. The SMILES string of the molecule is O=c1[nH]c(-c2cccc(OCc3c(F)cccc3F)c2)nc2ccccc12. The van der Waals surface area contributed by atoms with Crippen LogP contribution in [0.15, 0.2) is 71.5 Å². The molecule has 4 aromatic rings. The first-order valence-corrected chi connectivity index (χ1v) is 8.27. The Hall–Kier alpha value is -3.54. The number of rotatable bonds is 4. The molecule has 4 rings (SSSR count). The Bertz CT molecular complexity index is 1170. The average Bonchev–Trinajstić information content (AvgIpc) is 2.68. The molecule has 0 spiro atoms. The van der Waals surface area contributed by atoms with Crippen molar-refractivity contribution in [3.05, 3.63) is 94.3 Å². The fourth-order valence-electron chi connectivity index (χ4n) is 2.78. The minimum absolute atomic E-state index is 0.139. The molecule has 0 atom stereocenters. The Morgan fingerprint density at radius 1 is 0.926 bits per heavy atom.